The third-order valence-electron chi connectivity index (χ3n) is 3.14. The van der Waals surface area contributed by atoms with Crippen molar-refractivity contribution in [3.05, 3.63) is 71.0 Å². The van der Waals surface area contributed by atoms with E-state index in [4.69, 9.17) is 5.73 Å². The van der Waals surface area contributed by atoms with E-state index in [0.29, 0.717) is 0 Å². The van der Waals surface area contributed by atoms with Crippen LogP contribution in [0.1, 0.15) is 5.56 Å². The van der Waals surface area contributed by atoms with Crippen LogP contribution >= 0.6 is 15.9 Å². The standard InChI is InChI=1S/C16H14BrN3/c17-14-5-3-4-12(8-14)10-20-11-13(9-19-20)15-6-1-2-7-16(15)18/h1-9,11H,10,18H2. The second kappa shape index (κ2) is 5.51. The van der Waals surface area contributed by atoms with E-state index in [-0.39, 0.29) is 0 Å². The number of nitrogens with zero attached hydrogens (tertiary/aromatic N) is 2. The lowest BCUT2D eigenvalue weighted by Crippen LogP contribution is -1.99. The van der Waals surface area contributed by atoms with E-state index in [1.165, 1.54) is 5.56 Å². The fraction of sp³-hybridized carbons (Fsp3) is 0.0625. The summed E-state index contributed by atoms with van der Waals surface area (Å²) >= 11 is 3.48. The highest BCUT2D eigenvalue weighted by molar-refractivity contribution is 9.10. The number of hydrogen-bond donors (Lipinski definition) is 1. The van der Waals surface area contributed by atoms with E-state index >= 15 is 0 Å². The third kappa shape index (κ3) is 2.75. The van der Waals surface area contributed by atoms with Crippen LogP contribution in [0.3, 0.4) is 0 Å². The van der Waals surface area contributed by atoms with Crippen molar-refractivity contribution in [3.63, 3.8) is 0 Å². The van der Waals surface area contributed by atoms with Crippen LogP contribution in [0.5, 0.6) is 0 Å². The minimum Gasteiger partial charge on any atom is -0.398 e. The van der Waals surface area contributed by atoms with Gasteiger partial charge in [-0.3, -0.25) is 4.68 Å². The average molecular weight is 328 g/mol. The summed E-state index contributed by atoms with van der Waals surface area (Å²) in [6.45, 7) is 0.742. The number of aromatic nitrogens is 2. The maximum atomic E-state index is 5.99. The molecular formula is C16H14BrN3. The van der Waals surface area contributed by atoms with Crippen molar-refractivity contribution in [3.8, 4) is 11.1 Å². The van der Waals surface area contributed by atoms with Crippen molar-refractivity contribution >= 4 is 21.6 Å². The lowest BCUT2D eigenvalue weighted by molar-refractivity contribution is 0.687. The van der Waals surface area contributed by atoms with Crippen LogP contribution in [-0.2, 0) is 6.54 Å². The highest BCUT2D eigenvalue weighted by Gasteiger charge is 2.05. The molecule has 1 heterocycles. The fourth-order valence-corrected chi connectivity index (χ4v) is 2.62. The van der Waals surface area contributed by atoms with Gasteiger partial charge in [-0.2, -0.15) is 5.10 Å². The number of anilines is 1. The van der Waals surface area contributed by atoms with Gasteiger partial charge in [0.15, 0.2) is 0 Å². The van der Waals surface area contributed by atoms with Gasteiger partial charge in [-0.15, -0.1) is 0 Å². The monoisotopic (exact) mass is 327 g/mol. The summed E-state index contributed by atoms with van der Waals surface area (Å²) in [7, 11) is 0. The molecule has 0 amide bonds. The summed E-state index contributed by atoms with van der Waals surface area (Å²) in [6.07, 6.45) is 3.87. The summed E-state index contributed by atoms with van der Waals surface area (Å²) in [5, 5.41) is 4.40. The molecular weight excluding hydrogens is 314 g/mol. The number of halogens is 1. The number of nitrogen functional groups attached to an aromatic ring is 1. The van der Waals surface area contributed by atoms with Gasteiger partial charge in [-0.05, 0) is 23.8 Å². The third-order valence-corrected chi connectivity index (χ3v) is 3.63. The van der Waals surface area contributed by atoms with E-state index in [1.54, 1.807) is 0 Å². The Morgan fingerprint density at radius 2 is 1.95 bits per heavy atom. The zero-order chi connectivity index (χ0) is 13.9. The van der Waals surface area contributed by atoms with E-state index in [9.17, 15) is 0 Å². The molecule has 0 fully saturated rings. The molecule has 0 spiro atoms. The Hall–Kier alpha value is -2.07. The molecule has 4 heteroatoms. The van der Waals surface area contributed by atoms with Crippen molar-refractivity contribution < 1.29 is 0 Å². The highest BCUT2D eigenvalue weighted by atomic mass is 79.9. The molecule has 0 aliphatic carbocycles. The van der Waals surface area contributed by atoms with Crippen LogP contribution in [0.15, 0.2) is 65.4 Å². The molecule has 2 N–H and O–H groups in total. The zero-order valence-corrected chi connectivity index (χ0v) is 12.4. The molecule has 0 aliphatic heterocycles. The molecule has 0 aliphatic rings. The maximum absolute atomic E-state index is 5.99. The van der Waals surface area contributed by atoms with Crippen LogP contribution in [0.4, 0.5) is 5.69 Å². The topological polar surface area (TPSA) is 43.8 Å². The second-order valence-corrected chi connectivity index (χ2v) is 5.56. The smallest absolute Gasteiger partial charge is 0.0660 e. The van der Waals surface area contributed by atoms with Gasteiger partial charge in [0.05, 0.1) is 12.7 Å². The van der Waals surface area contributed by atoms with E-state index in [2.05, 4.69) is 33.2 Å². The zero-order valence-electron chi connectivity index (χ0n) is 10.8. The van der Waals surface area contributed by atoms with Crippen LogP contribution in [-0.4, -0.2) is 9.78 Å². The first kappa shape index (κ1) is 12.9. The van der Waals surface area contributed by atoms with Crippen molar-refractivity contribution in [2.75, 3.05) is 5.73 Å². The summed E-state index contributed by atoms with van der Waals surface area (Å²) in [5.41, 5.74) is 10.0. The van der Waals surface area contributed by atoms with Gasteiger partial charge in [0.25, 0.3) is 0 Å². The maximum Gasteiger partial charge on any atom is 0.0660 e. The lowest BCUT2D eigenvalue weighted by Gasteiger charge is -2.03. The van der Waals surface area contributed by atoms with Crippen molar-refractivity contribution in [1.29, 1.82) is 0 Å². The predicted octanol–water partition coefficient (Wildman–Crippen LogP) is 3.94. The number of para-hydroxylation sites is 1. The molecule has 3 aromatic rings. The van der Waals surface area contributed by atoms with Crippen molar-refractivity contribution in [1.82, 2.24) is 9.78 Å². The molecule has 3 rings (SSSR count). The number of benzene rings is 2. The van der Waals surface area contributed by atoms with Gasteiger partial charge >= 0.3 is 0 Å². The summed E-state index contributed by atoms with van der Waals surface area (Å²) < 4.78 is 3.00. The highest BCUT2D eigenvalue weighted by Crippen LogP contribution is 2.25. The minimum absolute atomic E-state index is 0.742. The first-order valence-electron chi connectivity index (χ1n) is 6.34. The first-order chi connectivity index (χ1) is 9.72. The van der Waals surface area contributed by atoms with Crippen LogP contribution < -0.4 is 5.73 Å². The summed E-state index contributed by atoms with van der Waals surface area (Å²) in [4.78, 5) is 0. The fourth-order valence-electron chi connectivity index (χ4n) is 2.17. The molecule has 0 atom stereocenters. The van der Waals surface area contributed by atoms with Crippen LogP contribution in [0, 0.1) is 0 Å². The quantitative estimate of drug-likeness (QED) is 0.740. The van der Waals surface area contributed by atoms with Crippen LogP contribution in [0.25, 0.3) is 11.1 Å². The molecule has 100 valence electrons. The van der Waals surface area contributed by atoms with Gasteiger partial charge in [0, 0.05) is 27.5 Å². The average Bonchev–Trinajstić information content (AvgIpc) is 2.87. The predicted molar refractivity (Wildman–Crippen MR) is 85.3 cm³/mol. The van der Waals surface area contributed by atoms with Gasteiger partial charge in [0.1, 0.15) is 0 Å². The Balaban J connectivity index is 1.86. The number of nitrogens with two attached hydrogens (primary N) is 1. The lowest BCUT2D eigenvalue weighted by atomic mass is 10.1. The van der Waals surface area contributed by atoms with Crippen molar-refractivity contribution in [2.24, 2.45) is 0 Å². The van der Waals surface area contributed by atoms with E-state index < -0.39 is 0 Å². The number of rotatable bonds is 3. The Morgan fingerprint density at radius 1 is 1.10 bits per heavy atom. The van der Waals surface area contributed by atoms with Crippen molar-refractivity contribution in [2.45, 2.75) is 6.54 Å². The second-order valence-electron chi connectivity index (χ2n) is 4.64. The van der Waals surface area contributed by atoms with E-state index in [1.807, 2.05) is 53.5 Å². The molecule has 0 saturated heterocycles. The summed E-state index contributed by atoms with van der Waals surface area (Å²) in [5.74, 6) is 0. The summed E-state index contributed by atoms with van der Waals surface area (Å²) in [6, 6.07) is 16.1. The SMILES string of the molecule is Nc1ccccc1-c1cnn(Cc2cccc(Br)c2)c1. The molecule has 0 saturated carbocycles. The normalized spacial score (nSPS) is 10.7. The van der Waals surface area contributed by atoms with E-state index in [0.717, 1.165) is 27.8 Å². The molecule has 0 bridgehead atoms. The van der Waals surface area contributed by atoms with Gasteiger partial charge in [0.2, 0.25) is 0 Å². The molecule has 3 nitrogen and oxygen atoms in total. The first-order valence-corrected chi connectivity index (χ1v) is 7.13. The van der Waals surface area contributed by atoms with Crippen LogP contribution in [0.2, 0.25) is 0 Å². The molecule has 0 unspecified atom stereocenters. The molecule has 2 aromatic carbocycles. The molecule has 0 radical (unpaired) electrons. The number of hydrogen-bond acceptors (Lipinski definition) is 2. The van der Waals surface area contributed by atoms with Gasteiger partial charge in [-0.1, -0.05) is 46.3 Å². The minimum atomic E-state index is 0.742. The Bertz CT molecular complexity index is 734. The van der Waals surface area contributed by atoms with Gasteiger partial charge < -0.3 is 5.73 Å². The molecule has 20 heavy (non-hydrogen) atoms. The Labute approximate surface area is 126 Å². The molecule has 1 aromatic heterocycles. The largest absolute Gasteiger partial charge is 0.398 e. The van der Waals surface area contributed by atoms with Gasteiger partial charge in [-0.25, -0.2) is 0 Å². The Kier molecular flexibility index (Phi) is 3.56. The Morgan fingerprint density at radius 3 is 2.75 bits per heavy atom.